The fraction of sp³-hybridized carbons (Fsp3) is 0.450. The van der Waals surface area contributed by atoms with Gasteiger partial charge in [-0.3, -0.25) is 4.79 Å². The van der Waals surface area contributed by atoms with Crippen LogP contribution < -0.4 is 0 Å². The summed E-state index contributed by atoms with van der Waals surface area (Å²) in [5.74, 6) is -1.81. The van der Waals surface area contributed by atoms with E-state index in [9.17, 15) is 19.5 Å². The molecule has 0 spiro atoms. The number of nitrogens with one attached hydrogen (secondary N) is 2. The van der Waals surface area contributed by atoms with Crippen molar-refractivity contribution in [2.45, 2.75) is 47.6 Å². The molecule has 0 aliphatic heterocycles. The molecule has 8 heteroatoms. The van der Waals surface area contributed by atoms with Crippen molar-refractivity contribution >= 4 is 17.7 Å². The number of Topliss-reactive ketones (excluding diaryl/α,β-unsaturated/α-hetero) is 1. The van der Waals surface area contributed by atoms with Gasteiger partial charge in [0.15, 0.2) is 6.61 Å². The van der Waals surface area contributed by atoms with Crippen molar-refractivity contribution in [3.63, 3.8) is 0 Å². The van der Waals surface area contributed by atoms with Crippen LogP contribution in [0.1, 0.15) is 79.4 Å². The molecule has 2 aromatic heterocycles. The number of aliphatic hydroxyl groups is 1. The molecule has 0 aliphatic carbocycles. The Hall–Kier alpha value is -2.87. The summed E-state index contributed by atoms with van der Waals surface area (Å²) in [6.07, 6.45) is -0.739. The van der Waals surface area contributed by atoms with E-state index in [0.29, 0.717) is 28.2 Å². The number of carbonyl (C=O) groups excluding carboxylic acids is 3. The molecule has 0 fully saturated rings. The number of hydrogen-bond donors (Lipinski definition) is 3. The maximum absolute atomic E-state index is 12.7. The second-order valence-electron chi connectivity index (χ2n) is 6.68. The zero-order chi connectivity index (χ0) is 21.2. The number of ketones is 1. The van der Waals surface area contributed by atoms with Crippen molar-refractivity contribution in [2.24, 2.45) is 0 Å². The lowest BCUT2D eigenvalue weighted by molar-refractivity contribution is 0.0466. The van der Waals surface area contributed by atoms with Gasteiger partial charge in [-0.1, -0.05) is 0 Å². The summed E-state index contributed by atoms with van der Waals surface area (Å²) in [5.41, 5.74) is 3.39. The Balaban J connectivity index is 2.21. The maximum atomic E-state index is 12.7. The molecule has 8 nitrogen and oxygen atoms in total. The molecule has 0 amide bonds. The highest BCUT2D eigenvalue weighted by atomic mass is 16.5. The summed E-state index contributed by atoms with van der Waals surface area (Å²) < 4.78 is 10.2. The fourth-order valence-electron chi connectivity index (χ4n) is 3.46. The van der Waals surface area contributed by atoms with Crippen molar-refractivity contribution < 1.29 is 29.0 Å². The predicted octanol–water partition coefficient (Wildman–Crippen LogP) is 2.85. The van der Waals surface area contributed by atoms with Crippen LogP contribution in [0.15, 0.2) is 0 Å². The van der Waals surface area contributed by atoms with Gasteiger partial charge in [0.05, 0.1) is 23.8 Å². The molecular formula is C20H26N2O6. The van der Waals surface area contributed by atoms with Crippen molar-refractivity contribution in [1.29, 1.82) is 0 Å². The summed E-state index contributed by atoms with van der Waals surface area (Å²) in [5, 5.41) is 9.83. The van der Waals surface area contributed by atoms with Gasteiger partial charge in [-0.2, -0.15) is 0 Å². The Kier molecular flexibility index (Phi) is 6.45. The Bertz CT molecular complexity index is 920. The van der Waals surface area contributed by atoms with Gasteiger partial charge in [0.2, 0.25) is 5.78 Å². The van der Waals surface area contributed by atoms with Gasteiger partial charge in [0, 0.05) is 22.6 Å². The van der Waals surface area contributed by atoms with Crippen LogP contribution in [0.25, 0.3) is 0 Å². The summed E-state index contributed by atoms with van der Waals surface area (Å²) in [6.45, 7) is 9.72. The first-order valence-electron chi connectivity index (χ1n) is 9.03. The molecule has 1 atom stereocenters. The third kappa shape index (κ3) is 4.01. The minimum atomic E-state index is -0.739. The summed E-state index contributed by atoms with van der Waals surface area (Å²) in [7, 11) is 0. The summed E-state index contributed by atoms with van der Waals surface area (Å²) in [4.78, 5) is 43.1. The molecule has 28 heavy (non-hydrogen) atoms. The van der Waals surface area contributed by atoms with E-state index in [1.54, 1.807) is 41.5 Å². The van der Waals surface area contributed by atoms with Crippen molar-refractivity contribution in [3.8, 4) is 0 Å². The smallest absolute Gasteiger partial charge is 0.355 e. The number of aryl methyl sites for hydroxylation is 3. The van der Waals surface area contributed by atoms with Crippen LogP contribution in [0.2, 0.25) is 0 Å². The Morgan fingerprint density at radius 1 is 0.929 bits per heavy atom. The van der Waals surface area contributed by atoms with Crippen LogP contribution >= 0.6 is 0 Å². The lowest BCUT2D eigenvalue weighted by Crippen LogP contribution is -2.18. The molecule has 2 rings (SSSR count). The number of ether oxygens (including phenoxy) is 2. The van der Waals surface area contributed by atoms with E-state index in [4.69, 9.17) is 9.47 Å². The zero-order valence-electron chi connectivity index (χ0n) is 17.0. The molecular weight excluding hydrogens is 364 g/mol. The Labute approximate surface area is 163 Å². The molecule has 2 aromatic rings. The number of hydrogen-bond acceptors (Lipinski definition) is 6. The van der Waals surface area contributed by atoms with Crippen molar-refractivity contribution in [3.05, 3.63) is 45.0 Å². The monoisotopic (exact) mass is 390 g/mol. The average molecular weight is 390 g/mol. The third-order valence-electron chi connectivity index (χ3n) is 4.59. The molecule has 0 saturated carbocycles. The fourth-order valence-corrected chi connectivity index (χ4v) is 3.46. The molecule has 0 aliphatic rings. The van der Waals surface area contributed by atoms with Crippen LogP contribution in [-0.2, 0) is 9.47 Å². The molecule has 0 saturated heterocycles. The minimum absolute atomic E-state index is 0.156. The number of H-pyrrole nitrogens is 2. The van der Waals surface area contributed by atoms with Gasteiger partial charge in [-0.15, -0.1) is 0 Å². The van der Waals surface area contributed by atoms with E-state index < -0.39 is 30.4 Å². The number of carbonyl (C=O) groups is 3. The second-order valence-corrected chi connectivity index (χ2v) is 6.68. The average Bonchev–Trinajstić information content (AvgIpc) is 3.07. The molecule has 0 radical (unpaired) electrons. The molecule has 3 N–H and O–H groups in total. The van der Waals surface area contributed by atoms with E-state index in [1.165, 1.54) is 0 Å². The molecule has 0 unspecified atom stereocenters. The van der Waals surface area contributed by atoms with Crippen LogP contribution in [0, 0.1) is 27.7 Å². The zero-order valence-corrected chi connectivity index (χ0v) is 17.0. The van der Waals surface area contributed by atoms with Gasteiger partial charge in [0.1, 0.15) is 5.69 Å². The first-order chi connectivity index (χ1) is 13.1. The predicted molar refractivity (Wildman–Crippen MR) is 102 cm³/mol. The molecule has 152 valence electrons. The highest BCUT2D eigenvalue weighted by Crippen LogP contribution is 2.25. The van der Waals surface area contributed by atoms with Crippen LogP contribution in [0.3, 0.4) is 0 Å². The summed E-state index contributed by atoms with van der Waals surface area (Å²) >= 11 is 0. The van der Waals surface area contributed by atoms with Gasteiger partial charge in [0.25, 0.3) is 0 Å². The van der Waals surface area contributed by atoms with Crippen LogP contribution in [-0.4, -0.2) is 46.0 Å². The maximum Gasteiger partial charge on any atom is 0.355 e. The molecule has 2 heterocycles. The largest absolute Gasteiger partial charge is 0.462 e. The number of esters is 2. The van der Waals surface area contributed by atoms with E-state index >= 15 is 0 Å². The second kappa shape index (κ2) is 8.43. The van der Waals surface area contributed by atoms with Crippen molar-refractivity contribution in [2.75, 3.05) is 13.2 Å². The quantitative estimate of drug-likeness (QED) is 0.494. The summed E-state index contributed by atoms with van der Waals surface area (Å²) in [6, 6.07) is 0. The number of aliphatic hydroxyl groups excluding tert-OH is 1. The van der Waals surface area contributed by atoms with Crippen molar-refractivity contribution in [1.82, 2.24) is 9.97 Å². The normalized spacial score (nSPS) is 12.0. The van der Waals surface area contributed by atoms with E-state index in [2.05, 4.69) is 9.97 Å². The lowest BCUT2D eigenvalue weighted by atomic mass is 10.0. The Morgan fingerprint density at radius 2 is 1.54 bits per heavy atom. The van der Waals surface area contributed by atoms with Crippen LogP contribution in [0.4, 0.5) is 0 Å². The highest BCUT2D eigenvalue weighted by Gasteiger charge is 2.27. The third-order valence-corrected chi connectivity index (χ3v) is 4.59. The minimum Gasteiger partial charge on any atom is -0.462 e. The Morgan fingerprint density at radius 3 is 2.07 bits per heavy atom. The molecule has 0 aromatic carbocycles. The van der Waals surface area contributed by atoms with Gasteiger partial charge in [-0.05, 0) is 47.1 Å². The standard InChI is InChI=1S/C20H26N2O6/c1-7-27-19(25)17-12(5)21-11(4)16(17)14(24)8-28-20(26)18-9(2)15(13(6)23)10(3)22-18/h13,21-23H,7-8H2,1-6H3/t13-/m1/s1. The van der Waals surface area contributed by atoms with E-state index in [-0.39, 0.29) is 23.4 Å². The first-order valence-corrected chi connectivity index (χ1v) is 9.03. The van der Waals surface area contributed by atoms with Gasteiger partial charge in [-0.25, -0.2) is 9.59 Å². The van der Waals surface area contributed by atoms with Gasteiger partial charge < -0.3 is 24.5 Å². The van der Waals surface area contributed by atoms with Gasteiger partial charge >= 0.3 is 11.9 Å². The topological polar surface area (TPSA) is 121 Å². The lowest BCUT2D eigenvalue weighted by Gasteiger charge is -2.08. The van der Waals surface area contributed by atoms with E-state index in [0.717, 1.165) is 0 Å². The number of aromatic amines is 2. The van der Waals surface area contributed by atoms with Crippen LogP contribution in [0.5, 0.6) is 0 Å². The van der Waals surface area contributed by atoms with E-state index in [1.807, 2.05) is 0 Å². The first kappa shape index (κ1) is 21.4. The molecule has 0 bridgehead atoms. The number of aromatic nitrogens is 2. The number of rotatable bonds is 7. The highest BCUT2D eigenvalue weighted by molar-refractivity contribution is 6.09. The SMILES string of the molecule is CCOC(=O)c1c(C)[nH]c(C)c1C(=O)COC(=O)c1[nH]c(C)c([C@@H](C)O)c1C.